The van der Waals surface area contributed by atoms with Gasteiger partial charge in [-0.2, -0.15) is 0 Å². The van der Waals surface area contributed by atoms with Crippen molar-refractivity contribution in [2.24, 2.45) is 11.8 Å². The molecule has 0 bridgehead atoms. The Morgan fingerprint density at radius 3 is 2.29 bits per heavy atom. The van der Waals surface area contributed by atoms with E-state index in [4.69, 9.17) is 0 Å². The van der Waals surface area contributed by atoms with Crippen LogP contribution in [0.5, 0.6) is 0 Å². The average Bonchev–Trinajstić information content (AvgIpc) is 2.94. The van der Waals surface area contributed by atoms with Crippen LogP contribution in [0, 0.1) is 11.8 Å². The molecule has 0 radical (unpaired) electrons. The number of fused-ring (bicyclic) bond motifs is 1. The lowest BCUT2D eigenvalue weighted by atomic mass is 9.87. The van der Waals surface area contributed by atoms with Crippen LogP contribution in [0.1, 0.15) is 50.3 Å². The number of piperidine rings is 1. The molecule has 118 valence electrons. The van der Waals surface area contributed by atoms with Gasteiger partial charge in [0.1, 0.15) is 0 Å². The predicted molar refractivity (Wildman–Crippen MR) is 92.2 cm³/mol. The summed E-state index contributed by atoms with van der Waals surface area (Å²) >= 11 is 0. The van der Waals surface area contributed by atoms with E-state index in [9.17, 15) is 0 Å². The molecule has 1 N–H and O–H groups in total. The van der Waals surface area contributed by atoms with E-state index < -0.39 is 0 Å². The van der Waals surface area contributed by atoms with Crippen molar-refractivity contribution >= 4 is 12.4 Å². The topological polar surface area (TPSA) is 15.3 Å². The summed E-state index contributed by atoms with van der Waals surface area (Å²) in [4.78, 5) is 2.68. The van der Waals surface area contributed by atoms with E-state index in [1.54, 1.807) is 0 Å². The predicted octanol–water partition coefficient (Wildman–Crippen LogP) is 3.83. The largest absolute Gasteiger partial charge is 0.316 e. The summed E-state index contributed by atoms with van der Waals surface area (Å²) in [5.74, 6) is 2.43. The van der Waals surface area contributed by atoms with Crippen molar-refractivity contribution in [2.45, 2.75) is 39.2 Å². The quantitative estimate of drug-likeness (QED) is 0.913. The zero-order valence-electron chi connectivity index (χ0n) is 13.5. The highest BCUT2D eigenvalue weighted by Gasteiger charge is 2.34. The lowest BCUT2D eigenvalue weighted by molar-refractivity contribution is 0.111. The Morgan fingerprint density at radius 1 is 1.00 bits per heavy atom. The molecule has 2 nitrogen and oxygen atoms in total. The van der Waals surface area contributed by atoms with Gasteiger partial charge in [-0.15, -0.1) is 12.4 Å². The maximum atomic E-state index is 3.56. The van der Waals surface area contributed by atoms with Crippen molar-refractivity contribution in [1.82, 2.24) is 10.2 Å². The molecule has 2 fully saturated rings. The lowest BCUT2D eigenvalue weighted by Crippen LogP contribution is -2.41. The summed E-state index contributed by atoms with van der Waals surface area (Å²) in [6, 6.07) is 9.83. The van der Waals surface area contributed by atoms with Crippen molar-refractivity contribution in [2.75, 3.05) is 26.2 Å². The molecule has 3 unspecified atom stereocenters. The van der Waals surface area contributed by atoms with Crippen LogP contribution in [0.4, 0.5) is 0 Å². The van der Waals surface area contributed by atoms with Gasteiger partial charge < -0.3 is 5.32 Å². The lowest BCUT2D eigenvalue weighted by Gasteiger charge is -2.38. The summed E-state index contributed by atoms with van der Waals surface area (Å²) in [6.07, 6.45) is 1.37. The Morgan fingerprint density at radius 2 is 1.62 bits per heavy atom. The molecule has 0 aromatic heterocycles. The molecule has 3 rings (SSSR count). The summed E-state index contributed by atoms with van der Waals surface area (Å²) in [6.45, 7) is 11.9. The molecule has 2 aliphatic rings. The van der Waals surface area contributed by atoms with E-state index in [0.29, 0.717) is 12.0 Å². The highest BCUT2D eigenvalue weighted by atomic mass is 35.5. The molecule has 2 aliphatic heterocycles. The maximum absolute atomic E-state index is 3.56. The number of halogens is 1. The van der Waals surface area contributed by atoms with Gasteiger partial charge in [0.2, 0.25) is 0 Å². The number of nitrogens with zero attached hydrogens (tertiary/aromatic N) is 1. The molecule has 3 atom stereocenters. The molecule has 0 aliphatic carbocycles. The summed E-state index contributed by atoms with van der Waals surface area (Å²) in [5, 5.41) is 3.56. The van der Waals surface area contributed by atoms with E-state index in [0.717, 1.165) is 11.8 Å². The number of hydrogen-bond donors (Lipinski definition) is 1. The zero-order valence-corrected chi connectivity index (χ0v) is 14.3. The van der Waals surface area contributed by atoms with Crippen LogP contribution in [0.25, 0.3) is 0 Å². The molecule has 21 heavy (non-hydrogen) atoms. The van der Waals surface area contributed by atoms with E-state index in [1.807, 2.05) is 0 Å². The number of nitrogens with one attached hydrogen (secondary N) is 1. The molecule has 3 heteroatoms. The fraction of sp³-hybridized carbons (Fsp3) is 0.667. The first kappa shape index (κ1) is 16.8. The summed E-state index contributed by atoms with van der Waals surface area (Å²) < 4.78 is 0. The molecule has 1 aromatic rings. The van der Waals surface area contributed by atoms with Crippen LogP contribution in [-0.2, 0) is 0 Å². The van der Waals surface area contributed by atoms with E-state index in [1.165, 1.54) is 43.7 Å². The Balaban J connectivity index is 0.00000161. The Kier molecular flexibility index (Phi) is 5.70. The summed E-state index contributed by atoms with van der Waals surface area (Å²) in [7, 11) is 0. The van der Waals surface area contributed by atoms with Gasteiger partial charge in [0.25, 0.3) is 0 Å². The molecule has 2 saturated heterocycles. The van der Waals surface area contributed by atoms with Gasteiger partial charge in [0.15, 0.2) is 0 Å². The van der Waals surface area contributed by atoms with Gasteiger partial charge in [0, 0.05) is 12.6 Å². The van der Waals surface area contributed by atoms with Crippen LogP contribution in [0.3, 0.4) is 0 Å². The van der Waals surface area contributed by atoms with Crippen molar-refractivity contribution < 1.29 is 0 Å². The third-order valence-electron chi connectivity index (χ3n) is 5.37. The number of benzene rings is 1. The van der Waals surface area contributed by atoms with Crippen LogP contribution >= 0.6 is 12.4 Å². The molecule has 2 heterocycles. The first-order valence-corrected chi connectivity index (χ1v) is 8.19. The van der Waals surface area contributed by atoms with Gasteiger partial charge in [-0.05, 0) is 61.9 Å². The highest BCUT2D eigenvalue weighted by Crippen LogP contribution is 2.32. The zero-order chi connectivity index (χ0) is 14.1. The van der Waals surface area contributed by atoms with E-state index in [2.05, 4.69) is 55.3 Å². The first-order chi connectivity index (χ1) is 9.65. The minimum atomic E-state index is 0. The van der Waals surface area contributed by atoms with E-state index in [-0.39, 0.29) is 12.4 Å². The molecular weight excluding hydrogens is 280 g/mol. The van der Waals surface area contributed by atoms with Gasteiger partial charge in [0.05, 0.1) is 0 Å². The van der Waals surface area contributed by atoms with Crippen LogP contribution in [-0.4, -0.2) is 31.1 Å². The number of rotatable bonds is 3. The third-order valence-corrected chi connectivity index (χ3v) is 5.37. The second kappa shape index (κ2) is 7.13. The van der Waals surface area contributed by atoms with E-state index >= 15 is 0 Å². The van der Waals surface area contributed by atoms with Crippen LogP contribution in [0.15, 0.2) is 24.3 Å². The highest BCUT2D eigenvalue weighted by molar-refractivity contribution is 5.85. The fourth-order valence-corrected chi connectivity index (χ4v) is 3.79. The van der Waals surface area contributed by atoms with Crippen molar-refractivity contribution in [1.29, 1.82) is 0 Å². The molecular formula is C18H29ClN2. The first-order valence-electron chi connectivity index (χ1n) is 8.19. The number of likely N-dealkylation sites (tertiary alicyclic amines) is 1. The molecule has 1 aromatic carbocycles. The van der Waals surface area contributed by atoms with Gasteiger partial charge >= 0.3 is 0 Å². The second-order valence-corrected chi connectivity index (χ2v) is 6.96. The second-order valence-electron chi connectivity index (χ2n) is 6.96. The average molecular weight is 309 g/mol. The Bertz CT molecular complexity index is 443. The smallest absolute Gasteiger partial charge is 0.0320 e. The van der Waals surface area contributed by atoms with Gasteiger partial charge in [-0.25, -0.2) is 0 Å². The summed E-state index contributed by atoms with van der Waals surface area (Å²) in [5.41, 5.74) is 2.92. The minimum absolute atomic E-state index is 0. The van der Waals surface area contributed by atoms with Crippen LogP contribution in [0.2, 0.25) is 0 Å². The van der Waals surface area contributed by atoms with Crippen molar-refractivity contribution in [3.05, 3.63) is 35.4 Å². The Hall–Kier alpha value is -0.570. The normalized spacial score (nSPS) is 27.2. The van der Waals surface area contributed by atoms with Crippen molar-refractivity contribution in [3.63, 3.8) is 0 Å². The Labute approximate surface area is 135 Å². The maximum Gasteiger partial charge on any atom is 0.0320 e. The molecule has 0 spiro atoms. The molecule has 0 amide bonds. The minimum Gasteiger partial charge on any atom is -0.316 e. The monoisotopic (exact) mass is 308 g/mol. The van der Waals surface area contributed by atoms with Crippen molar-refractivity contribution in [3.8, 4) is 0 Å². The standard InChI is InChI=1S/C18H28N2.ClH/c1-13(2)15-4-6-16(7-5-15)14(3)20-9-8-17-10-19-11-18(17)12-20;/h4-7,13-14,17-19H,8-12H2,1-3H3;1H. The SMILES string of the molecule is CC(C)c1ccc(C(C)N2CCC3CNCC3C2)cc1.Cl. The van der Waals surface area contributed by atoms with Gasteiger partial charge in [-0.1, -0.05) is 38.1 Å². The van der Waals surface area contributed by atoms with Gasteiger partial charge in [-0.3, -0.25) is 4.90 Å². The van der Waals surface area contributed by atoms with Crippen LogP contribution < -0.4 is 5.32 Å². The third kappa shape index (κ3) is 3.61. The molecule has 0 saturated carbocycles. The number of hydrogen-bond acceptors (Lipinski definition) is 2. The fourth-order valence-electron chi connectivity index (χ4n) is 3.79.